The Morgan fingerprint density at radius 3 is 2.67 bits per heavy atom. The van der Waals surface area contributed by atoms with E-state index in [1.54, 1.807) is 7.11 Å². The first-order chi connectivity index (χ1) is 11.7. The molecule has 5 heteroatoms. The summed E-state index contributed by atoms with van der Waals surface area (Å²) in [5, 5.41) is 3.02. The van der Waals surface area contributed by atoms with E-state index in [2.05, 4.69) is 5.32 Å². The van der Waals surface area contributed by atoms with Gasteiger partial charge in [-0.05, 0) is 48.7 Å². The normalized spacial score (nSPS) is 13.4. The molecular weight excluding hydrogens is 306 g/mol. The Kier molecular flexibility index (Phi) is 4.89. The summed E-state index contributed by atoms with van der Waals surface area (Å²) in [6, 6.07) is 13.4. The molecule has 2 aromatic carbocycles. The molecule has 0 bridgehead atoms. The standard InChI is InChI=1S/C19H21NO4/c1-13(15-6-9-17-18(11-15)24-12-23-17)20-19(21)10-5-14-3-7-16(22-2)8-4-14/h3-4,6-9,11,13H,5,10,12H2,1-2H3,(H,20,21)/t13-/m0/s1. The van der Waals surface area contributed by atoms with E-state index in [1.807, 2.05) is 49.4 Å². The van der Waals surface area contributed by atoms with Gasteiger partial charge in [0.05, 0.1) is 13.2 Å². The molecule has 0 radical (unpaired) electrons. The van der Waals surface area contributed by atoms with Gasteiger partial charge < -0.3 is 19.5 Å². The van der Waals surface area contributed by atoms with E-state index >= 15 is 0 Å². The lowest BCUT2D eigenvalue weighted by Crippen LogP contribution is -2.26. The van der Waals surface area contributed by atoms with Gasteiger partial charge in [-0.1, -0.05) is 18.2 Å². The number of rotatable bonds is 6. The molecule has 1 heterocycles. The Morgan fingerprint density at radius 1 is 1.17 bits per heavy atom. The second-order valence-electron chi connectivity index (χ2n) is 5.75. The SMILES string of the molecule is COc1ccc(CCC(=O)N[C@@H](C)c2ccc3c(c2)OCO3)cc1. The van der Waals surface area contributed by atoms with Crippen molar-refractivity contribution in [3.63, 3.8) is 0 Å². The Bertz CT molecular complexity index is 712. The number of benzene rings is 2. The van der Waals surface area contributed by atoms with E-state index in [9.17, 15) is 4.79 Å². The van der Waals surface area contributed by atoms with E-state index in [0.29, 0.717) is 12.8 Å². The molecule has 0 saturated carbocycles. The van der Waals surface area contributed by atoms with Crippen LogP contribution in [0.1, 0.15) is 30.5 Å². The van der Waals surface area contributed by atoms with Crippen LogP contribution in [0.25, 0.3) is 0 Å². The lowest BCUT2D eigenvalue weighted by molar-refractivity contribution is -0.121. The van der Waals surface area contributed by atoms with Crippen LogP contribution in [0, 0.1) is 0 Å². The Balaban J connectivity index is 1.52. The molecule has 1 aliphatic rings. The van der Waals surface area contributed by atoms with Crippen LogP contribution in [0.15, 0.2) is 42.5 Å². The largest absolute Gasteiger partial charge is 0.497 e. The van der Waals surface area contributed by atoms with Crippen LogP contribution < -0.4 is 19.5 Å². The van der Waals surface area contributed by atoms with Gasteiger partial charge in [-0.3, -0.25) is 4.79 Å². The van der Waals surface area contributed by atoms with Gasteiger partial charge in [-0.25, -0.2) is 0 Å². The lowest BCUT2D eigenvalue weighted by atomic mass is 10.1. The number of carbonyl (C=O) groups is 1. The molecule has 0 aliphatic carbocycles. The van der Waals surface area contributed by atoms with Gasteiger partial charge in [0.1, 0.15) is 5.75 Å². The average molecular weight is 327 g/mol. The van der Waals surface area contributed by atoms with E-state index in [-0.39, 0.29) is 18.7 Å². The van der Waals surface area contributed by atoms with Crippen molar-refractivity contribution in [1.29, 1.82) is 0 Å². The van der Waals surface area contributed by atoms with Gasteiger partial charge >= 0.3 is 0 Å². The molecule has 1 N–H and O–H groups in total. The highest BCUT2D eigenvalue weighted by molar-refractivity contribution is 5.76. The van der Waals surface area contributed by atoms with E-state index in [0.717, 1.165) is 28.4 Å². The predicted octanol–water partition coefficient (Wildman–Crippen LogP) is 3.23. The van der Waals surface area contributed by atoms with Crippen molar-refractivity contribution in [1.82, 2.24) is 5.32 Å². The number of hydrogen-bond acceptors (Lipinski definition) is 4. The zero-order valence-corrected chi connectivity index (χ0v) is 13.9. The van der Waals surface area contributed by atoms with Crippen molar-refractivity contribution in [3.05, 3.63) is 53.6 Å². The zero-order chi connectivity index (χ0) is 16.9. The van der Waals surface area contributed by atoms with Gasteiger partial charge in [0.15, 0.2) is 11.5 Å². The van der Waals surface area contributed by atoms with Crippen LogP contribution in [0.3, 0.4) is 0 Å². The van der Waals surface area contributed by atoms with Crippen LogP contribution in [-0.4, -0.2) is 19.8 Å². The molecule has 0 unspecified atom stereocenters. The van der Waals surface area contributed by atoms with Crippen LogP contribution >= 0.6 is 0 Å². The van der Waals surface area contributed by atoms with E-state index in [4.69, 9.17) is 14.2 Å². The number of fused-ring (bicyclic) bond motifs is 1. The van der Waals surface area contributed by atoms with Crippen molar-refractivity contribution in [2.75, 3.05) is 13.9 Å². The highest BCUT2D eigenvalue weighted by atomic mass is 16.7. The minimum atomic E-state index is -0.0807. The first kappa shape index (κ1) is 16.2. The molecule has 0 fully saturated rings. The quantitative estimate of drug-likeness (QED) is 0.885. The fourth-order valence-electron chi connectivity index (χ4n) is 2.63. The van der Waals surface area contributed by atoms with Gasteiger partial charge in [-0.15, -0.1) is 0 Å². The second-order valence-corrected chi connectivity index (χ2v) is 5.75. The molecule has 0 aromatic heterocycles. The maximum Gasteiger partial charge on any atom is 0.231 e. The highest BCUT2D eigenvalue weighted by Gasteiger charge is 2.16. The van der Waals surface area contributed by atoms with Crippen LogP contribution in [0.5, 0.6) is 17.2 Å². The lowest BCUT2D eigenvalue weighted by Gasteiger charge is -2.15. The third kappa shape index (κ3) is 3.79. The van der Waals surface area contributed by atoms with Crippen LogP contribution in [0.2, 0.25) is 0 Å². The van der Waals surface area contributed by atoms with Gasteiger partial charge in [0, 0.05) is 6.42 Å². The van der Waals surface area contributed by atoms with Crippen molar-refractivity contribution >= 4 is 5.91 Å². The molecule has 5 nitrogen and oxygen atoms in total. The minimum Gasteiger partial charge on any atom is -0.497 e. The summed E-state index contributed by atoms with van der Waals surface area (Å²) in [6.07, 6.45) is 1.14. The van der Waals surface area contributed by atoms with Gasteiger partial charge in [0.25, 0.3) is 0 Å². The third-order valence-electron chi connectivity index (χ3n) is 4.07. The summed E-state index contributed by atoms with van der Waals surface area (Å²) in [5.74, 6) is 2.32. The summed E-state index contributed by atoms with van der Waals surface area (Å²) >= 11 is 0. The Hall–Kier alpha value is -2.69. The molecule has 1 atom stereocenters. The summed E-state index contributed by atoms with van der Waals surface area (Å²) in [7, 11) is 1.64. The van der Waals surface area contributed by atoms with Crippen molar-refractivity contribution < 1.29 is 19.0 Å². The molecule has 126 valence electrons. The number of carbonyl (C=O) groups excluding carboxylic acids is 1. The zero-order valence-electron chi connectivity index (χ0n) is 13.9. The number of methoxy groups -OCH3 is 1. The monoisotopic (exact) mass is 327 g/mol. The first-order valence-electron chi connectivity index (χ1n) is 7.97. The molecule has 3 rings (SSSR count). The molecular formula is C19H21NO4. The summed E-state index contributed by atoms with van der Waals surface area (Å²) in [6.45, 7) is 2.21. The van der Waals surface area contributed by atoms with E-state index < -0.39 is 0 Å². The smallest absolute Gasteiger partial charge is 0.231 e. The maximum atomic E-state index is 12.2. The number of ether oxygens (including phenoxy) is 3. The Morgan fingerprint density at radius 2 is 1.92 bits per heavy atom. The Labute approximate surface area is 141 Å². The van der Waals surface area contributed by atoms with Crippen molar-refractivity contribution in [2.45, 2.75) is 25.8 Å². The highest BCUT2D eigenvalue weighted by Crippen LogP contribution is 2.34. The fraction of sp³-hybridized carbons (Fsp3) is 0.316. The molecule has 2 aromatic rings. The first-order valence-corrected chi connectivity index (χ1v) is 7.97. The second kappa shape index (κ2) is 7.25. The molecule has 0 spiro atoms. The summed E-state index contributed by atoms with van der Waals surface area (Å²) < 4.78 is 15.8. The fourth-order valence-corrected chi connectivity index (χ4v) is 2.63. The summed E-state index contributed by atoms with van der Waals surface area (Å²) in [4.78, 5) is 12.2. The van der Waals surface area contributed by atoms with Gasteiger partial charge in [-0.2, -0.15) is 0 Å². The van der Waals surface area contributed by atoms with Crippen LogP contribution in [-0.2, 0) is 11.2 Å². The van der Waals surface area contributed by atoms with E-state index in [1.165, 1.54) is 0 Å². The van der Waals surface area contributed by atoms with Crippen LogP contribution in [0.4, 0.5) is 0 Å². The number of aryl methyl sites for hydroxylation is 1. The summed E-state index contributed by atoms with van der Waals surface area (Å²) in [5.41, 5.74) is 2.11. The minimum absolute atomic E-state index is 0.0241. The predicted molar refractivity (Wildman–Crippen MR) is 90.4 cm³/mol. The maximum absolute atomic E-state index is 12.2. The van der Waals surface area contributed by atoms with Crippen molar-refractivity contribution in [2.24, 2.45) is 0 Å². The third-order valence-corrected chi connectivity index (χ3v) is 4.07. The average Bonchev–Trinajstić information content (AvgIpc) is 3.08. The molecule has 1 amide bonds. The number of hydrogen-bond donors (Lipinski definition) is 1. The molecule has 1 aliphatic heterocycles. The number of amides is 1. The molecule has 24 heavy (non-hydrogen) atoms. The van der Waals surface area contributed by atoms with Gasteiger partial charge in [0.2, 0.25) is 12.7 Å². The van der Waals surface area contributed by atoms with Crippen molar-refractivity contribution in [3.8, 4) is 17.2 Å². The molecule has 0 saturated heterocycles. The number of nitrogens with one attached hydrogen (secondary N) is 1. The topological polar surface area (TPSA) is 56.8 Å².